The van der Waals surface area contributed by atoms with Gasteiger partial charge in [-0.05, 0) is 0 Å². The molecule has 3 saturated heterocycles. The first kappa shape index (κ1) is 56.2. The molecule has 0 amide bonds. The Morgan fingerprint density at radius 1 is 0.622 bits per heavy atom. The van der Waals surface area contributed by atoms with E-state index in [2.05, 4.69) is 43.0 Å². The number of aromatic amines is 1. The Kier molecular flexibility index (Phi) is 16.1. The largest absolute Gasteiger partial charge is 0.790 e. The zero-order valence-electron chi connectivity index (χ0n) is 37.5. The molecule has 408 valence electrons. The van der Waals surface area contributed by atoms with Crippen molar-refractivity contribution in [1.29, 1.82) is 0 Å². The van der Waals surface area contributed by atoms with E-state index in [0.29, 0.717) is 5.52 Å². The third kappa shape index (κ3) is 11.2. The van der Waals surface area contributed by atoms with Crippen LogP contribution in [0.5, 0.6) is 0 Å². The number of nitrogens with one attached hydrogen (secondary N) is 1. The minimum Gasteiger partial charge on any atom is -0.790 e. The number of aromatic nitrogens is 11. The second-order valence-electron chi connectivity index (χ2n) is 16.1. The minimum absolute atomic E-state index is 0.0130. The van der Waals surface area contributed by atoms with Gasteiger partial charge in [-0.25, -0.2) is 19.3 Å². The van der Waals surface area contributed by atoms with Gasteiger partial charge in [-0.1, -0.05) is 0 Å². The lowest BCUT2D eigenvalue weighted by Crippen LogP contribution is -2.34. The lowest BCUT2D eigenvalue weighted by Gasteiger charge is -2.37. The standard InChI is InChI=1S/C11H18N5O14P3.C11H15N5O5.C11H14N4O5/c1-15-9(19)5-8(14-11(15)12)16(3-13-5)10-7(18)6(17)4(28-10)2-27-32(23,24)30-33(25,26)29-31(20,21)22;1-15-9(20)5-8(14-11(15)12)16(3-13-5)10-7(19)6(18)4(2-17)21-10;12-6-1-4-7(10(19)14-6)13-3-15(4)11-9(18)8(17)5(2-16)20-11/h3-4,6-7,10,17-18H,2H2,1H3,(H2,12,14)(H,23,24)(H,25,26)(H2,20,21,22);3-4,6-7,10,17-19H,2H2,1H3,(H2,12,14);1,3,5,8-9,11,16-18H,2H2,(H3,12,14,19)/p-4/t2*4-,6?,7+,10-;5-,8?,9+,11-/m111/s1. The highest BCUT2D eigenvalue weighted by molar-refractivity contribution is 7.64. The summed E-state index contributed by atoms with van der Waals surface area (Å²) < 4.78 is 65.8. The van der Waals surface area contributed by atoms with Gasteiger partial charge in [0.2, 0.25) is 11.9 Å². The van der Waals surface area contributed by atoms with Crippen molar-refractivity contribution in [3.8, 4) is 0 Å². The van der Waals surface area contributed by atoms with E-state index in [0.717, 1.165) is 20.0 Å². The molecule has 0 bridgehead atoms. The predicted octanol–water partition coefficient (Wildman–Crippen LogP) is -9.61. The third-order valence-electron chi connectivity index (χ3n) is 11.3. The summed E-state index contributed by atoms with van der Waals surface area (Å²) in [7, 11) is -15.4. The van der Waals surface area contributed by atoms with Crippen molar-refractivity contribution in [3.05, 3.63) is 56.1 Å². The zero-order valence-corrected chi connectivity index (χ0v) is 40.2. The summed E-state index contributed by atoms with van der Waals surface area (Å²) in [6.07, 6.45) is -11.8. The van der Waals surface area contributed by atoms with Crippen LogP contribution in [0.1, 0.15) is 18.7 Å². The van der Waals surface area contributed by atoms with Crippen LogP contribution in [-0.2, 0) is 55.1 Å². The summed E-state index contributed by atoms with van der Waals surface area (Å²) in [4.78, 5) is 102. The molecule has 38 nitrogen and oxygen atoms in total. The van der Waals surface area contributed by atoms with E-state index in [4.69, 9.17) is 41.6 Å². The number of H-pyrrole nitrogens is 1. The molecule has 3 aliphatic rings. The van der Waals surface area contributed by atoms with Gasteiger partial charge in [0.25, 0.3) is 32.3 Å². The molecule has 0 saturated carbocycles. The number of aliphatic hydroxyl groups excluding tert-OH is 8. The first-order chi connectivity index (χ1) is 34.5. The molecule has 9 rings (SSSR count). The van der Waals surface area contributed by atoms with E-state index in [1.54, 1.807) is 0 Å². The maximum Gasteiger partial charge on any atom is 0.282 e. The average molecular weight is 1110 g/mol. The van der Waals surface area contributed by atoms with Gasteiger partial charge in [-0.3, -0.25) is 46.1 Å². The number of nitrogens with zero attached hydrogens (tertiary/aromatic N) is 10. The lowest BCUT2D eigenvalue weighted by atomic mass is 10.1. The highest BCUT2D eigenvalue weighted by Gasteiger charge is 2.47. The Bertz CT molecular complexity index is 3380. The third-order valence-corrected chi connectivity index (χ3v) is 14.9. The first-order valence-electron chi connectivity index (χ1n) is 20.7. The number of phosphoric ester groups is 1. The molecule has 0 radical (unpaired) electrons. The molecule has 9 heterocycles. The number of fused-ring (bicyclic) bond motifs is 3. The number of hydrogen-bond donors (Lipinski definition) is 12. The molecule has 0 aliphatic carbocycles. The molecule has 0 spiro atoms. The Morgan fingerprint density at radius 3 is 1.46 bits per heavy atom. The summed E-state index contributed by atoms with van der Waals surface area (Å²) in [5.41, 5.74) is 15.8. The van der Waals surface area contributed by atoms with Gasteiger partial charge in [-0.15, -0.1) is 0 Å². The number of ether oxygens (including phenoxy) is 3. The monoisotopic (exact) mass is 1110 g/mol. The number of anilines is 3. The van der Waals surface area contributed by atoms with Crippen LogP contribution in [0.3, 0.4) is 0 Å². The summed E-state index contributed by atoms with van der Waals surface area (Å²) >= 11 is 0. The number of hydrogen-bond acceptors (Lipinski definition) is 32. The van der Waals surface area contributed by atoms with Gasteiger partial charge in [0.05, 0.1) is 52.1 Å². The van der Waals surface area contributed by atoms with Gasteiger partial charge in [0, 0.05) is 20.2 Å². The fraction of sp³-hybridized carbons (Fsp3) is 0.515. The minimum atomic E-state index is -6.17. The highest BCUT2D eigenvalue weighted by atomic mass is 31.3. The number of rotatable bonds is 12. The zero-order chi connectivity index (χ0) is 54.7. The fourth-order valence-electron chi connectivity index (χ4n) is 7.53. The van der Waals surface area contributed by atoms with Crippen LogP contribution >= 0.6 is 23.5 Å². The molecular formula is C33H43N14O24P3-4. The number of nitrogens with two attached hydrogens (primary N) is 3. The van der Waals surface area contributed by atoms with Crippen molar-refractivity contribution >= 4 is 74.5 Å². The number of nitrogen functional groups attached to an aromatic ring is 3. The Balaban J connectivity index is 0.000000170. The van der Waals surface area contributed by atoms with Crippen molar-refractivity contribution in [3.63, 3.8) is 0 Å². The Labute approximate surface area is 409 Å². The van der Waals surface area contributed by atoms with Crippen molar-refractivity contribution in [2.75, 3.05) is 37.0 Å². The number of pyridine rings is 1. The summed E-state index contributed by atoms with van der Waals surface area (Å²) in [6, 6.07) is 1.48. The normalized spacial score (nSPS) is 28.7. The van der Waals surface area contributed by atoms with E-state index in [-0.39, 0.29) is 45.6 Å². The Hall–Kier alpha value is -5.51. The molecule has 5 unspecified atom stereocenters. The van der Waals surface area contributed by atoms with Crippen molar-refractivity contribution in [2.24, 2.45) is 14.1 Å². The summed E-state index contributed by atoms with van der Waals surface area (Å²) in [5, 5.41) is 78.1. The lowest BCUT2D eigenvalue weighted by molar-refractivity contribution is -0.339. The second-order valence-corrected chi connectivity index (χ2v) is 20.3. The van der Waals surface area contributed by atoms with Crippen LogP contribution in [0.2, 0.25) is 0 Å². The van der Waals surface area contributed by atoms with E-state index in [1.807, 2.05) is 0 Å². The molecule has 14 atom stereocenters. The summed E-state index contributed by atoms with van der Waals surface area (Å²) in [5.74, 6) is -0.0754. The Morgan fingerprint density at radius 2 is 1.03 bits per heavy atom. The van der Waals surface area contributed by atoms with Crippen LogP contribution in [0.25, 0.3) is 33.4 Å². The molecular weight excluding hydrogens is 1070 g/mol. The van der Waals surface area contributed by atoms with Crippen LogP contribution in [0.15, 0.2) is 39.4 Å². The van der Waals surface area contributed by atoms with E-state index >= 15 is 0 Å². The molecule has 41 heteroatoms. The van der Waals surface area contributed by atoms with Crippen molar-refractivity contribution < 1.29 is 101 Å². The van der Waals surface area contributed by atoms with Gasteiger partial charge in [-0.2, -0.15) is 9.97 Å². The molecule has 74 heavy (non-hydrogen) atoms. The molecule has 15 N–H and O–H groups in total. The fourth-order valence-corrected chi connectivity index (χ4v) is 10.4. The van der Waals surface area contributed by atoms with Crippen LogP contribution in [0.4, 0.5) is 17.7 Å². The smallest absolute Gasteiger partial charge is 0.282 e. The van der Waals surface area contributed by atoms with Crippen LogP contribution in [0, 0.1) is 0 Å². The SMILES string of the molecule is Cn1c(N)nc2c(ncn2[C@@H]2O[C@H](CO)C(O)[C@@H]2O)c1=O.Cn1c(N)nc2c(ncn2[C@@H]2O[C@H](COP(=O)([O-])OP(=O)([O-])OP(=O)([O-])[O-])C(O)[C@@H]2O)c1=O.Nc1cc2c(ncn2[C@@H]2O[C@H](CO)C(O)[C@@H]2O)c(=O)[nH]1. The van der Waals surface area contributed by atoms with E-state index in [9.17, 15) is 78.3 Å². The van der Waals surface area contributed by atoms with Crippen LogP contribution < -0.4 is 53.5 Å². The first-order valence-corrected chi connectivity index (χ1v) is 25.1. The second kappa shape index (κ2) is 21.3. The quantitative estimate of drug-likeness (QED) is 0.0506. The predicted molar refractivity (Wildman–Crippen MR) is 232 cm³/mol. The van der Waals surface area contributed by atoms with E-state index in [1.165, 1.54) is 42.0 Å². The van der Waals surface area contributed by atoms with E-state index < -0.39 is 134 Å². The average Bonchev–Trinajstić information content (AvgIpc) is 4.17. The van der Waals surface area contributed by atoms with Crippen molar-refractivity contribution in [2.45, 2.75) is 73.6 Å². The van der Waals surface area contributed by atoms with Crippen molar-refractivity contribution in [1.82, 2.24) is 52.7 Å². The molecule has 3 aliphatic heterocycles. The van der Waals surface area contributed by atoms with Gasteiger partial charge >= 0.3 is 0 Å². The van der Waals surface area contributed by atoms with Gasteiger partial charge in [0.15, 0.2) is 46.5 Å². The van der Waals surface area contributed by atoms with Crippen LogP contribution in [-0.4, -0.2) is 168 Å². The highest BCUT2D eigenvalue weighted by Crippen LogP contribution is 2.60. The molecule has 0 aromatic carbocycles. The molecule has 6 aromatic heterocycles. The number of aliphatic hydroxyl groups is 8. The van der Waals surface area contributed by atoms with Gasteiger partial charge < -0.3 is 110 Å². The summed E-state index contributed by atoms with van der Waals surface area (Å²) in [6.45, 7) is -2.01. The number of phosphoric acid groups is 3. The maximum absolute atomic E-state index is 12.2. The maximum atomic E-state index is 12.2. The molecule has 3 fully saturated rings. The molecule has 6 aromatic rings. The number of imidazole rings is 3. The topological polar surface area (TPSA) is 595 Å². The van der Waals surface area contributed by atoms with Gasteiger partial charge in [0.1, 0.15) is 60.8 Å².